The summed E-state index contributed by atoms with van der Waals surface area (Å²) < 4.78 is 0. The van der Waals surface area contributed by atoms with Gasteiger partial charge in [0.2, 0.25) is 0 Å². The smallest absolute Gasteiger partial charge is 0.414 e. The summed E-state index contributed by atoms with van der Waals surface area (Å²) in [5.41, 5.74) is 1.96. The van der Waals surface area contributed by atoms with Crippen LogP contribution in [-0.4, -0.2) is 69.0 Å². The van der Waals surface area contributed by atoms with Crippen LogP contribution in [0.3, 0.4) is 0 Å². The van der Waals surface area contributed by atoms with Crippen LogP contribution in [0.4, 0.5) is 0 Å². The summed E-state index contributed by atoms with van der Waals surface area (Å²) in [4.78, 5) is 38.8. The van der Waals surface area contributed by atoms with Gasteiger partial charge in [0.15, 0.2) is 0 Å². The third kappa shape index (κ3) is 6.64. The maximum Gasteiger partial charge on any atom is 0.414 e. The molecule has 2 aromatic rings. The van der Waals surface area contributed by atoms with Crippen LogP contribution >= 0.6 is 11.6 Å². The van der Waals surface area contributed by atoms with Gasteiger partial charge in [-0.25, -0.2) is 9.59 Å². The van der Waals surface area contributed by atoms with E-state index in [4.69, 9.17) is 31.4 Å². The Morgan fingerprint density at radius 3 is 1.93 bits per heavy atom. The fourth-order valence-electron chi connectivity index (χ4n) is 2.63. The van der Waals surface area contributed by atoms with Gasteiger partial charge in [0.25, 0.3) is 5.91 Å². The number of hydrogen-bond donors (Lipinski definition) is 2. The molecule has 3 rings (SSSR count). The first-order valence-corrected chi connectivity index (χ1v) is 8.87. The molecule has 1 aromatic heterocycles. The molecule has 0 bridgehead atoms. The van der Waals surface area contributed by atoms with Crippen molar-refractivity contribution in [3.63, 3.8) is 0 Å². The predicted octanol–water partition coefficient (Wildman–Crippen LogP) is 1.85. The molecule has 1 aliphatic rings. The third-order valence-electron chi connectivity index (χ3n) is 4.09. The van der Waals surface area contributed by atoms with Crippen molar-refractivity contribution in [3.8, 4) is 0 Å². The Balaban J connectivity index is 0.000000409. The normalized spacial score (nSPS) is 14.0. The van der Waals surface area contributed by atoms with Crippen molar-refractivity contribution in [1.82, 2.24) is 14.8 Å². The van der Waals surface area contributed by atoms with Gasteiger partial charge in [-0.1, -0.05) is 23.7 Å². The zero-order valence-electron chi connectivity index (χ0n) is 15.0. The minimum Gasteiger partial charge on any atom is -0.473 e. The van der Waals surface area contributed by atoms with E-state index in [1.807, 2.05) is 17.0 Å². The highest BCUT2D eigenvalue weighted by Crippen LogP contribution is 2.14. The molecule has 0 atom stereocenters. The molecule has 2 heterocycles. The molecule has 28 heavy (non-hydrogen) atoms. The van der Waals surface area contributed by atoms with Gasteiger partial charge < -0.3 is 15.1 Å². The zero-order valence-corrected chi connectivity index (χ0v) is 15.7. The number of carboxylic acid groups (broad SMARTS) is 2. The van der Waals surface area contributed by atoms with Gasteiger partial charge in [-0.15, -0.1) is 0 Å². The van der Waals surface area contributed by atoms with Gasteiger partial charge in [0.1, 0.15) is 0 Å². The Morgan fingerprint density at radius 1 is 0.893 bits per heavy atom. The van der Waals surface area contributed by atoms with Crippen LogP contribution in [0.15, 0.2) is 48.8 Å². The summed E-state index contributed by atoms with van der Waals surface area (Å²) >= 11 is 5.90. The number of benzene rings is 1. The Hall–Kier alpha value is -2.97. The first-order valence-electron chi connectivity index (χ1n) is 8.49. The number of amides is 1. The number of pyridine rings is 1. The number of halogens is 1. The molecule has 1 aliphatic heterocycles. The highest BCUT2D eigenvalue weighted by atomic mass is 35.5. The SMILES string of the molecule is O=C(O)C(=O)O.O=C(c1ccncc1)N1CCN(Cc2ccc(Cl)cc2)CC1. The first-order chi connectivity index (χ1) is 13.4. The maximum absolute atomic E-state index is 12.4. The second kappa shape index (κ2) is 10.4. The monoisotopic (exact) mass is 405 g/mol. The predicted molar refractivity (Wildman–Crippen MR) is 102 cm³/mol. The van der Waals surface area contributed by atoms with Crippen LogP contribution in [0, 0.1) is 0 Å². The number of piperazine rings is 1. The summed E-state index contributed by atoms with van der Waals surface area (Å²) in [5.74, 6) is -3.56. The van der Waals surface area contributed by atoms with Crippen molar-refractivity contribution >= 4 is 29.4 Å². The lowest BCUT2D eigenvalue weighted by Gasteiger charge is -2.34. The van der Waals surface area contributed by atoms with Crippen LogP contribution in [-0.2, 0) is 16.1 Å². The average molecular weight is 406 g/mol. The van der Waals surface area contributed by atoms with E-state index in [2.05, 4.69) is 22.0 Å². The zero-order chi connectivity index (χ0) is 20.5. The van der Waals surface area contributed by atoms with Gasteiger partial charge in [0, 0.05) is 55.7 Å². The lowest BCUT2D eigenvalue weighted by Crippen LogP contribution is -2.48. The number of nitrogens with zero attached hydrogens (tertiary/aromatic N) is 3. The van der Waals surface area contributed by atoms with Gasteiger partial charge in [-0.3, -0.25) is 14.7 Å². The number of carbonyl (C=O) groups is 3. The molecule has 0 spiro atoms. The van der Waals surface area contributed by atoms with Crippen molar-refractivity contribution in [2.75, 3.05) is 26.2 Å². The molecule has 1 fully saturated rings. The number of rotatable bonds is 3. The Morgan fingerprint density at radius 2 is 1.43 bits per heavy atom. The summed E-state index contributed by atoms with van der Waals surface area (Å²) in [6.45, 7) is 4.19. The van der Waals surface area contributed by atoms with E-state index in [9.17, 15) is 4.79 Å². The Labute approximate surface area is 167 Å². The van der Waals surface area contributed by atoms with E-state index in [-0.39, 0.29) is 5.91 Å². The number of hydrogen-bond acceptors (Lipinski definition) is 5. The summed E-state index contributed by atoms with van der Waals surface area (Å²) in [6.07, 6.45) is 3.31. The van der Waals surface area contributed by atoms with E-state index in [1.54, 1.807) is 24.5 Å². The number of carbonyl (C=O) groups excluding carboxylic acids is 1. The summed E-state index contributed by atoms with van der Waals surface area (Å²) in [7, 11) is 0. The standard InChI is InChI=1S/C17H18ClN3O.C2H2O4/c18-16-3-1-14(2-4-16)13-20-9-11-21(12-10-20)17(22)15-5-7-19-8-6-15;3-1(4)2(5)6/h1-8H,9-13H2;(H,3,4)(H,5,6). The molecular weight excluding hydrogens is 386 g/mol. The minimum absolute atomic E-state index is 0.0912. The van der Waals surface area contributed by atoms with E-state index in [0.29, 0.717) is 5.56 Å². The molecule has 1 saturated heterocycles. The molecule has 0 saturated carbocycles. The second-order valence-corrected chi connectivity index (χ2v) is 6.48. The van der Waals surface area contributed by atoms with Gasteiger partial charge in [-0.05, 0) is 29.8 Å². The summed E-state index contributed by atoms with van der Waals surface area (Å²) in [6, 6.07) is 11.5. The number of carboxylic acids is 2. The molecule has 9 heteroatoms. The van der Waals surface area contributed by atoms with Gasteiger partial charge in [-0.2, -0.15) is 0 Å². The van der Waals surface area contributed by atoms with Crippen LogP contribution in [0.2, 0.25) is 5.02 Å². The van der Waals surface area contributed by atoms with Crippen LogP contribution < -0.4 is 0 Å². The van der Waals surface area contributed by atoms with E-state index < -0.39 is 11.9 Å². The largest absolute Gasteiger partial charge is 0.473 e. The highest BCUT2D eigenvalue weighted by Gasteiger charge is 2.21. The molecule has 148 valence electrons. The molecular formula is C19H20ClN3O5. The molecule has 8 nitrogen and oxygen atoms in total. The van der Waals surface area contributed by atoms with Crippen molar-refractivity contribution in [1.29, 1.82) is 0 Å². The van der Waals surface area contributed by atoms with Crippen molar-refractivity contribution < 1.29 is 24.6 Å². The topological polar surface area (TPSA) is 111 Å². The fraction of sp³-hybridized carbons (Fsp3) is 0.263. The lowest BCUT2D eigenvalue weighted by molar-refractivity contribution is -0.159. The van der Waals surface area contributed by atoms with Gasteiger partial charge in [0.05, 0.1) is 0 Å². The Bertz CT molecular complexity index is 794. The Kier molecular flexibility index (Phi) is 7.91. The molecule has 1 aromatic carbocycles. The van der Waals surface area contributed by atoms with Crippen LogP contribution in [0.25, 0.3) is 0 Å². The molecule has 0 radical (unpaired) electrons. The van der Waals surface area contributed by atoms with Crippen molar-refractivity contribution in [2.45, 2.75) is 6.54 Å². The summed E-state index contributed by atoms with van der Waals surface area (Å²) in [5, 5.41) is 15.5. The third-order valence-corrected chi connectivity index (χ3v) is 4.34. The molecule has 0 aliphatic carbocycles. The van der Waals surface area contributed by atoms with E-state index in [0.717, 1.165) is 37.7 Å². The highest BCUT2D eigenvalue weighted by molar-refractivity contribution is 6.30. The van der Waals surface area contributed by atoms with Crippen molar-refractivity contribution in [3.05, 3.63) is 64.9 Å². The minimum atomic E-state index is -1.82. The average Bonchev–Trinajstić information content (AvgIpc) is 2.71. The van der Waals surface area contributed by atoms with E-state index >= 15 is 0 Å². The van der Waals surface area contributed by atoms with E-state index in [1.165, 1.54) is 5.56 Å². The first kappa shape index (κ1) is 21.3. The van der Waals surface area contributed by atoms with Crippen molar-refractivity contribution in [2.24, 2.45) is 0 Å². The molecule has 1 amide bonds. The number of aliphatic carboxylic acids is 2. The van der Waals surface area contributed by atoms with Crippen LogP contribution in [0.5, 0.6) is 0 Å². The van der Waals surface area contributed by atoms with Gasteiger partial charge >= 0.3 is 11.9 Å². The molecule has 0 unspecified atom stereocenters. The maximum atomic E-state index is 12.4. The quantitative estimate of drug-likeness (QED) is 0.749. The van der Waals surface area contributed by atoms with Crippen LogP contribution in [0.1, 0.15) is 15.9 Å². The fourth-order valence-corrected chi connectivity index (χ4v) is 2.76. The lowest BCUT2D eigenvalue weighted by atomic mass is 10.2. The number of aromatic nitrogens is 1. The second-order valence-electron chi connectivity index (χ2n) is 6.04. The molecule has 2 N–H and O–H groups in total.